The molecule has 88 valence electrons. The molecule has 0 amide bonds. The molecule has 1 aliphatic heterocycles. The van der Waals surface area contributed by atoms with E-state index < -0.39 is 0 Å². The summed E-state index contributed by atoms with van der Waals surface area (Å²) in [6.45, 7) is 5.57. The smallest absolute Gasteiger partial charge is 0.0479 e. The second kappa shape index (κ2) is 4.64. The summed E-state index contributed by atoms with van der Waals surface area (Å²) in [4.78, 5) is 2.37. The Morgan fingerprint density at radius 1 is 1.50 bits per heavy atom. The Bertz CT molecular complexity index is 380. The zero-order chi connectivity index (χ0) is 11.7. The van der Waals surface area contributed by atoms with Crippen LogP contribution in [0.15, 0.2) is 18.2 Å². The SMILES string of the molecule is Cc1cc(Cl)ccc1N1CCC(CO)C1C. The fourth-order valence-electron chi connectivity index (χ4n) is 2.53. The fourth-order valence-corrected chi connectivity index (χ4v) is 2.76. The Labute approximate surface area is 102 Å². The monoisotopic (exact) mass is 239 g/mol. The van der Waals surface area contributed by atoms with Gasteiger partial charge in [0.2, 0.25) is 0 Å². The first kappa shape index (κ1) is 11.7. The lowest BCUT2D eigenvalue weighted by Crippen LogP contribution is -2.31. The first-order valence-corrected chi connectivity index (χ1v) is 6.15. The molecule has 2 nitrogen and oxygen atoms in total. The van der Waals surface area contributed by atoms with Gasteiger partial charge in [0.1, 0.15) is 0 Å². The van der Waals surface area contributed by atoms with Crippen molar-refractivity contribution >= 4 is 17.3 Å². The number of benzene rings is 1. The summed E-state index contributed by atoms with van der Waals surface area (Å²) in [5.74, 6) is 0.398. The summed E-state index contributed by atoms with van der Waals surface area (Å²) in [5, 5.41) is 10.1. The van der Waals surface area contributed by atoms with Crippen LogP contribution in [0.3, 0.4) is 0 Å². The molecule has 2 unspecified atom stereocenters. The summed E-state index contributed by atoms with van der Waals surface area (Å²) in [6.07, 6.45) is 1.07. The van der Waals surface area contributed by atoms with Gasteiger partial charge in [-0.05, 0) is 44.0 Å². The maximum absolute atomic E-state index is 9.27. The van der Waals surface area contributed by atoms with Crippen LogP contribution in [0, 0.1) is 12.8 Å². The van der Waals surface area contributed by atoms with Crippen LogP contribution in [0.25, 0.3) is 0 Å². The summed E-state index contributed by atoms with van der Waals surface area (Å²) >= 11 is 5.96. The first-order valence-electron chi connectivity index (χ1n) is 5.77. The molecule has 1 heterocycles. The third-order valence-corrected chi connectivity index (χ3v) is 3.85. The van der Waals surface area contributed by atoms with Crippen LogP contribution in [0.2, 0.25) is 5.02 Å². The zero-order valence-electron chi connectivity index (χ0n) is 9.78. The molecule has 2 rings (SSSR count). The van der Waals surface area contributed by atoms with Gasteiger partial charge in [-0.1, -0.05) is 11.6 Å². The van der Waals surface area contributed by atoms with Crippen molar-refractivity contribution in [3.8, 4) is 0 Å². The van der Waals surface area contributed by atoms with Gasteiger partial charge in [-0.25, -0.2) is 0 Å². The molecule has 1 aliphatic rings. The Hall–Kier alpha value is -0.730. The van der Waals surface area contributed by atoms with Gasteiger partial charge in [0, 0.05) is 35.8 Å². The van der Waals surface area contributed by atoms with E-state index >= 15 is 0 Å². The highest BCUT2D eigenvalue weighted by atomic mass is 35.5. The van der Waals surface area contributed by atoms with Crippen LogP contribution in [-0.4, -0.2) is 24.3 Å². The lowest BCUT2D eigenvalue weighted by atomic mass is 10.0. The highest BCUT2D eigenvalue weighted by Gasteiger charge is 2.30. The molecule has 0 aliphatic carbocycles. The van der Waals surface area contributed by atoms with Crippen molar-refractivity contribution in [2.75, 3.05) is 18.1 Å². The molecule has 0 spiro atoms. The van der Waals surface area contributed by atoms with E-state index in [9.17, 15) is 5.11 Å². The Kier molecular flexibility index (Phi) is 3.41. The molecule has 1 aromatic rings. The number of hydrogen-bond acceptors (Lipinski definition) is 2. The number of aryl methyl sites for hydroxylation is 1. The van der Waals surface area contributed by atoms with E-state index in [1.807, 2.05) is 12.1 Å². The number of nitrogens with zero attached hydrogens (tertiary/aromatic N) is 1. The third kappa shape index (κ3) is 2.04. The van der Waals surface area contributed by atoms with Crippen molar-refractivity contribution in [3.05, 3.63) is 28.8 Å². The Morgan fingerprint density at radius 3 is 2.81 bits per heavy atom. The van der Waals surface area contributed by atoms with E-state index in [0.717, 1.165) is 18.0 Å². The van der Waals surface area contributed by atoms with Crippen LogP contribution in [0.4, 0.5) is 5.69 Å². The number of aliphatic hydroxyl groups excluding tert-OH is 1. The molecule has 0 radical (unpaired) electrons. The van der Waals surface area contributed by atoms with E-state index in [2.05, 4.69) is 24.8 Å². The van der Waals surface area contributed by atoms with E-state index in [-0.39, 0.29) is 6.61 Å². The van der Waals surface area contributed by atoms with Gasteiger partial charge in [0.15, 0.2) is 0 Å². The van der Waals surface area contributed by atoms with Gasteiger partial charge < -0.3 is 10.0 Å². The van der Waals surface area contributed by atoms with Crippen LogP contribution >= 0.6 is 11.6 Å². The maximum atomic E-state index is 9.27. The summed E-state index contributed by atoms with van der Waals surface area (Å²) in [7, 11) is 0. The fraction of sp³-hybridized carbons (Fsp3) is 0.538. The summed E-state index contributed by atoms with van der Waals surface area (Å²) in [5.41, 5.74) is 2.45. The largest absolute Gasteiger partial charge is 0.396 e. The minimum absolute atomic E-state index is 0.282. The normalized spacial score (nSPS) is 25.1. The highest BCUT2D eigenvalue weighted by molar-refractivity contribution is 6.30. The minimum atomic E-state index is 0.282. The molecule has 1 N–H and O–H groups in total. The van der Waals surface area contributed by atoms with Gasteiger partial charge in [-0.3, -0.25) is 0 Å². The Morgan fingerprint density at radius 2 is 2.25 bits per heavy atom. The van der Waals surface area contributed by atoms with Gasteiger partial charge >= 0.3 is 0 Å². The Balaban J connectivity index is 2.25. The summed E-state index contributed by atoms with van der Waals surface area (Å²) < 4.78 is 0. The molecule has 1 fully saturated rings. The number of rotatable bonds is 2. The van der Waals surface area contributed by atoms with E-state index in [1.165, 1.54) is 11.3 Å². The second-order valence-electron chi connectivity index (χ2n) is 4.60. The predicted octanol–water partition coefficient (Wildman–Crippen LogP) is 2.86. The highest BCUT2D eigenvalue weighted by Crippen LogP contribution is 2.32. The van der Waals surface area contributed by atoms with Crippen LogP contribution in [0.1, 0.15) is 18.9 Å². The van der Waals surface area contributed by atoms with Gasteiger partial charge in [-0.15, -0.1) is 0 Å². The molecular formula is C13H18ClNO. The zero-order valence-corrected chi connectivity index (χ0v) is 10.5. The van der Waals surface area contributed by atoms with E-state index in [1.54, 1.807) is 0 Å². The van der Waals surface area contributed by atoms with E-state index in [0.29, 0.717) is 12.0 Å². The average molecular weight is 240 g/mol. The topological polar surface area (TPSA) is 23.5 Å². The maximum Gasteiger partial charge on any atom is 0.0479 e. The predicted molar refractivity (Wildman–Crippen MR) is 68.2 cm³/mol. The van der Waals surface area contributed by atoms with Crippen LogP contribution < -0.4 is 4.90 Å². The second-order valence-corrected chi connectivity index (χ2v) is 5.03. The molecule has 2 atom stereocenters. The lowest BCUT2D eigenvalue weighted by Gasteiger charge is -2.27. The molecular weight excluding hydrogens is 222 g/mol. The molecule has 1 saturated heterocycles. The first-order chi connectivity index (χ1) is 7.63. The quantitative estimate of drug-likeness (QED) is 0.858. The molecule has 0 saturated carbocycles. The summed E-state index contributed by atoms with van der Waals surface area (Å²) in [6, 6.07) is 6.41. The lowest BCUT2D eigenvalue weighted by molar-refractivity contribution is 0.221. The van der Waals surface area contributed by atoms with Crippen molar-refractivity contribution in [3.63, 3.8) is 0 Å². The van der Waals surface area contributed by atoms with Crippen molar-refractivity contribution in [2.24, 2.45) is 5.92 Å². The third-order valence-electron chi connectivity index (χ3n) is 3.62. The van der Waals surface area contributed by atoms with E-state index in [4.69, 9.17) is 11.6 Å². The van der Waals surface area contributed by atoms with Crippen molar-refractivity contribution in [1.82, 2.24) is 0 Å². The van der Waals surface area contributed by atoms with Crippen molar-refractivity contribution in [2.45, 2.75) is 26.3 Å². The molecule has 3 heteroatoms. The minimum Gasteiger partial charge on any atom is -0.396 e. The van der Waals surface area contributed by atoms with Gasteiger partial charge in [0.25, 0.3) is 0 Å². The van der Waals surface area contributed by atoms with Gasteiger partial charge in [-0.2, -0.15) is 0 Å². The number of halogens is 1. The molecule has 1 aromatic carbocycles. The average Bonchev–Trinajstić information content (AvgIpc) is 2.60. The number of aliphatic hydroxyl groups is 1. The standard InChI is InChI=1S/C13H18ClNO/c1-9-7-12(14)3-4-13(9)15-6-5-11(8-16)10(15)2/h3-4,7,10-11,16H,5-6,8H2,1-2H3. The van der Waals surface area contributed by atoms with Crippen LogP contribution in [0.5, 0.6) is 0 Å². The van der Waals surface area contributed by atoms with Gasteiger partial charge in [0.05, 0.1) is 0 Å². The molecule has 0 bridgehead atoms. The van der Waals surface area contributed by atoms with Crippen LogP contribution in [-0.2, 0) is 0 Å². The number of anilines is 1. The van der Waals surface area contributed by atoms with Crippen molar-refractivity contribution in [1.29, 1.82) is 0 Å². The number of hydrogen-bond donors (Lipinski definition) is 1. The molecule has 16 heavy (non-hydrogen) atoms. The van der Waals surface area contributed by atoms with Crippen molar-refractivity contribution < 1.29 is 5.11 Å². The molecule has 0 aromatic heterocycles.